The zero-order valence-electron chi connectivity index (χ0n) is 15.2. The van der Waals surface area contributed by atoms with Crippen molar-refractivity contribution in [1.82, 2.24) is 4.31 Å². The van der Waals surface area contributed by atoms with E-state index in [-0.39, 0.29) is 10.8 Å². The molecule has 0 heterocycles. The molecular formula is C20H24N2O3S. The molecular weight excluding hydrogens is 348 g/mol. The molecule has 5 nitrogen and oxygen atoms in total. The Labute approximate surface area is 155 Å². The van der Waals surface area contributed by atoms with Gasteiger partial charge in [-0.25, -0.2) is 8.42 Å². The second-order valence-electron chi connectivity index (χ2n) is 6.41. The van der Waals surface area contributed by atoms with Gasteiger partial charge in [-0.1, -0.05) is 26.0 Å². The number of carbonyl (C=O) groups excluding carboxylic acids is 1. The van der Waals surface area contributed by atoms with Crippen LogP contribution in [0.3, 0.4) is 0 Å². The monoisotopic (exact) mass is 372 g/mol. The van der Waals surface area contributed by atoms with Crippen LogP contribution in [-0.2, 0) is 22.9 Å². The molecule has 6 heteroatoms. The van der Waals surface area contributed by atoms with Gasteiger partial charge in [-0.05, 0) is 60.7 Å². The van der Waals surface area contributed by atoms with Gasteiger partial charge in [0.15, 0.2) is 0 Å². The van der Waals surface area contributed by atoms with E-state index in [4.69, 9.17) is 0 Å². The molecule has 1 aliphatic rings. The summed E-state index contributed by atoms with van der Waals surface area (Å²) in [4.78, 5) is 12.7. The molecule has 0 unspecified atom stereocenters. The lowest BCUT2D eigenvalue weighted by Crippen LogP contribution is -2.30. The van der Waals surface area contributed by atoms with Gasteiger partial charge in [-0.3, -0.25) is 4.79 Å². The van der Waals surface area contributed by atoms with E-state index < -0.39 is 10.0 Å². The maximum absolute atomic E-state index is 12.6. The molecule has 1 N–H and O–H groups in total. The van der Waals surface area contributed by atoms with Gasteiger partial charge < -0.3 is 5.32 Å². The van der Waals surface area contributed by atoms with Crippen molar-refractivity contribution < 1.29 is 13.2 Å². The highest BCUT2D eigenvalue weighted by molar-refractivity contribution is 7.89. The van der Waals surface area contributed by atoms with Crippen LogP contribution in [0, 0.1) is 0 Å². The minimum Gasteiger partial charge on any atom is -0.322 e. The van der Waals surface area contributed by atoms with E-state index in [1.165, 1.54) is 21.5 Å². The number of amides is 1. The summed E-state index contributed by atoms with van der Waals surface area (Å²) in [5.74, 6) is -0.225. The molecule has 0 atom stereocenters. The topological polar surface area (TPSA) is 66.5 Å². The predicted molar refractivity (Wildman–Crippen MR) is 103 cm³/mol. The summed E-state index contributed by atoms with van der Waals surface area (Å²) in [5, 5.41) is 2.81. The second-order valence-corrected chi connectivity index (χ2v) is 8.35. The third kappa shape index (κ3) is 3.66. The Kier molecular flexibility index (Phi) is 5.44. The molecule has 1 amide bonds. The van der Waals surface area contributed by atoms with Crippen LogP contribution in [-0.4, -0.2) is 31.7 Å². The molecule has 3 rings (SSSR count). The molecule has 2 aromatic carbocycles. The van der Waals surface area contributed by atoms with Crippen LogP contribution in [0.4, 0.5) is 5.69 Å². The number of sulfonamides is 1. The summed E-state index contributed by atoms with van der Waals surface area (Å²) < 4.78 is 26.7. The summed E-state index contributed by atoms with van der Waals surface area (Å²) >= 11 is 0. The molecule has 0 saturated heterocycles. The number of nitrogens with one attached hydrogen (secondary N) is 1. The van der Waals surface area contributed by atoms with Crippen LogP contribution >= 0.6 is 0 Å². The lowest BCUT2D eigenvalue weighted by atomic mass is 10.1. The van der Waals surface area contributed by atoms with Crippen LogP contribution in [0.5, 0.6) is 0 Å². The number of carbonyl (C=O) groups is 1. The van der Waals surface area contributed by atoms with E-state index in [1.54, 1.807) is 32.0 Å². The zero-order valence-corrected chi connectivity index (χ0v) is 16.0. The third-order valence-electron chi connectivity index (χ3n) is 4.80. The molecule has 26 heavy (non-hydrogen) atoms. The standard InChI is InChI=1S/C20H24N2O3S/c1-3-22(4-2)26(24,25)19-10-6-9-18(14-19)21-20(23)17-12-11-15-7-5-8-16(15)13-17/h6,9-14H,3-5,7-8H2,1-2H3,(H,21,23). The normalized spacial score (nSPS) is 13.7. The van der Waals surface area contributed by atoms with Crippen LogP contribution < -0.4 is 5.32 Å². The van der Waals surface area contributed by atoms with Crippen molar-refractivity contribution in [2.45, 2.75) is 38.0 Å². The Bertz CT molecular complexity index is 918. The first kappa shape index (κ1) is 18.6. The second kappa shape index (κ2) is 7.60. The van der Waals surface area contributed by atoms with Crippen molar-refractivity contribution >= 4 is 21.6 Å². The van der Waals surface area contributed by atoms with Gasteiger partial charge in [0, 0.05) is 24.3 Å². The molecule has 2 aromatic rings. The number of anilines is 1. The molecule has 1 aliphatic carbocycles. The number of hydrogen-bond acceptors (Lipinski definition) is 3. The summed E-state index contributed by atoms with van der Waals surface area (Å²) in [6.45, 7) is 4.43. The van der Waals surface area contributed by atoms with Gasteiger partial charge in [-0.2, -0.15) is 4.31 Å². The van der Waals surface area contributed by atoms with Crippen molar-refractivity contribution in [3.63, 3.8) is 0 Å². The maximum Gasteiger partial charge on any atom is 0.255 e. The van der Waals surface area contributed by atoms with Crippen molar-refractivity contribution in [3.05, 3.63) is 59.2 Å². The summed E-state index contributed by atoms with van der Waals surface area (Å²) in [5.41, 5.74) is 3.62. The fraction of sp³-hybridized carbons (Fsp3) is 0.350. The van der Waals surface area contributed by atoms with Crippen LogP contribution in [0.15, 0.2) is 47.4 Å². The molecule has 0 aromatic heterocycles. The average molecular weight is 372 g/mol. The van der Waals surface area contributed by atoms with Crippen LogP contribution in [0.25, 0.3) is 0 Å². The highest BCUT2D eigenvalue weighted by Gasteiger charge is 2.22. The quantitative estimate of drug-likeness (QED) is 0.844. The Morgan fingerprint density at radius 2 is 1.77 bits per heavy atom. The van der Waals surface area contributed by atoms with E-state index in [0.717, 1.165) is 19.3 Å². The minimum atomic E-state index is -3.55. The van der Waals surface area contributed by atoms with Crippen molar-refractivity contribution in [2.75, 3.05) is 18.4 Å². The van der Waals surface area contributed by atoms with Gasteiger partial charge in [0.05, 0.1) is 4.90 Å². The molecule has 0 radical (unpaired) electrons. The van der Waals surface area contributed by atoms with Gasteiger partial charge in [0.1, 0.15) is 0 Å². The number of aryl methyl sites for hydroxylation is 2. The number of fused-ring (bicyclic) bond motifs is 1. The fourth-order valence-electron chi connectivity index (χ4n) is 3.36. The van der Waals surface area contributed by atoms with Crippen molar-refractivity contribution in [2.24, 2.45) is 0 Å². The summed E-state index contributed by atoms with van der Waals surface area (Å²) in [6.07, 6.45) is 3.21. The summed E-state index contributed by atoms with van der Waals surface area (Å²) in [6, 6.07) is 12.2. The van der Waals surface area contributed by atoms with E-state index in [2.05, 4.69) is 5.32 Å². The highest BCUT2D eigenvalue weighted by Crippen LogP contribution is 2.24. The van der Waals surface area contributed by atoms with Gasteiger partial charge in [-0.15, -0.1) is 0 Å². The Hall–Kier alpha value is -2.18. The third-order valence-corrected chi connectivity index (χ3v) is 6.84. The Morgan fingerprint density at radius 3 is 2.50 bits per heavy atom. The molecule has 0 aliphatic heterocycles. The Balaban J connectivity index is 1.82. The van der Waals surface area contributed by atoms with E-state index in [9.17, 15) is 13.2 Å². The van der Waals surface area contributed by atoms with Gasteiger partial charge >= 0.3 is 0 Å². The maximum atomic E-state index is 12.6. The first-order valence-electron chi connectivity index (χ1n) is 8.99. The molecule has 138 valence electrons. The summed E-state index contributed by atoms with van der Waals surface area (Å²) in [7, 11) is -3.55. The first-order chi connectivity index (χ1) is 12.5. The van der Waals surface area contributed by atoms with Crippen molar-refractivity contribution in [1.29, 1.82) is 0 Å². The van der Waals surface area contributed by atoms with E-state index in [1.807, 2.05) is 18.2 Å². The molecule has 0 spiro atoms. The number of hydrogen-bond donors (Lipinski definition) is 1. The molecule has 0 saturated carbocycles. The lowest BCUT2D eigenvalue weighted by molar-refractivity contribution is 0.102. The first-order valence-corrected chi connectivity index (χ1v) is 10.4. The van der Waals surface area contributed by atoms with Crippen LogP contribution in [0.1, 0.15) is 41.8 Å². The van der Waals surface area contributed by atoms with Crippen molar-refractivity contribution in [3.8, 4) is 0 Å². The number of rotatable bonds is 6. The minimum absolute atomic E-state index is 0.188. The van der Waals surface area contributed by atoms with E-state index in [0.29, 0.717) is 24.3 Å². The average Bonchev–Trinajstić information content (AvgIpc) is 3.10. The fourth-order valence-corrected chi connectivity index (χ4v) is 4.87. The largest absolute Gasteiger partial charge is 0.322 e. The predicted octanol–water partition coefficient (Wildman–Crippen LogP) is 3.46. The molecule has 0 bridgehead atoms. The number of nitrogens with zero attached hydrogens (tertiary/aromatic N) is 1. The smallest absolute Gasteiger partial charge is 0.255 e. The number of benzene rings is 2. The zero-order chi connectivity index (χ0) is 18.7. The van der Waals surface area contributed by atoms with Crippen LogP contribution in [0.2, 0.25) is 0 Å². The molecule has 0 fully saturated rings. The van der Waals surface area contributed by atoms with Gasteiger partial charge in [0.25, 0.3) is 5.91 Å². The Morgan fingerprint density at radius 1 is 1.04 bits per heavy atom. The lowest BCUT2D eigenvalue weighted by Gasteiger charge is -2.18. The highest BCUT2D eigenvalue weighted by atomic mass is 32.2. The van der Waals surface area contributed by atoms with Gasteiger partial charge in [0.2, 0.25) is 10.0 Å². The van der Waals surface area contributed by atoms with E-state index >= 15 is 0 Å². The SMILES string of the molecule is CCN(CC)S(=O)(=O)c1cccc(NC(=O)c2ccc3c(c2)CCC3)c1.